The third-order valence-corrected chi connectivity index (χ3v) is 6.40. The van der Waals surface area contributed by atoms with Crippen molar-refractivity contribution >= 4 is 22.4 Å². The number of pyridine rings is 1. The first-order valence-corrected chi connectivity index (χ1v) is 13.6. The Balaban J connectivity index is 0.00000207. The second-order valence-electron chi connectivity index (χ2n) is 9.36. The summed E-state index contributed by atoms with van der Waals surface area (Å²) in [5.74, 6) is -2.59. The summed E-state index contributed by atoms with van der Waals surface area (Å²) in [4.78, 5) is 20.8. The number of hydrogen-bond acceptors (Lipinski definition) is 10. The van der Waals surface area contributed by atoms with Gasteiger partial charge in [0.1, 0.15) is 34.8 Å². The van der Waals surface area contributed by atoms with Gasteiger partial charge in [0.15, 0.2) is 5.82 Å². The molecule has 1 atom stereocenters. The minimum absolute atomic E-state index is 0.00668. The highest BCUT2D eigenvalue weighted by Crippen LogP contribution is 2.44. The minimum atomic E-state index is -5.06. The smallest absolute Gasteiger partial charge is 0.417 e. The Labute approximate surface area is 244 Å². The SMILES string of the molecule is CC.Cc1c(F)c(N)cc(-c2nc3c4c(nc(OCc5cnccn5)nc4c2F)NCCNCCC(C)O3)c1C(F)(F)F. The second-order valence-corrected chi connectivity index (χ2v) is 9.36. The van der Waals surface area contributed by atoms with Gasteiger partial charge in [0.25, 0.3) is 0 Å². The van der Waals surface area contributed by atoms with Crippen LogP contribution >= 0.6 is 0 Å². The van der Waals surface area contributed by atoms with Crippen LogP contribution in [0.3, 0.4) is 0 Å². The Bertz CT molecular complexity index is 1590. The zero-order valence-corrected chi connectivity index (χ0v) is 23.9. The van der Waals surface area contributed by atoms with E-state index in [1.165, 1.54) is 18.6 Å². The molecule has 0 aliphatic carbocycles. The third-order valence-electron chi connectivity index (χ3n) is 6.40. The van der Waals surface area contributed by atoms with Crippen LogP contribution in [0.1, 0.15) is 44.0 Å². The summed E-state index contributed by atoms with van der Waals surface area (Å²) in [5.41, 5.74) is 1.38. The molecule has 1 aromatic carbocycles. The van der Waals surface area contributed by atoms with Gasteiger partial charge in [-0.25, -0.2) is 13.8 Å². The van der Waals surface area contributed by atoms with Crippen LogP contribution in [-0.4, -0.2) is 50.7 Å². The van der Waals surface area contributed by atoms with Crippen LogP contribution in [0.4, 0.5) is 33.5 Å². The summed E-state index contributed by atoms with van der Waals surface area (Å²) in [7, 11) is 0. The Morgan fingerprint density at radius 2 is 1.84 bits per heavy atom. The van der Waals surface area contributed by atoms with E-state index in [2.05, 4.69) is 35.6 Å². The van der Waals surface area contributed by atoms with Crippen molar-refractivity contribution in [1.29, 1.82) is 0 Å². The summed E-state index contributed by atoms with van der Waals surface area (Å²) in [6, 6.07) is 0.425. The molecule has 0 radical (unpaired) electrons. The molecule has 0 fully saturated rings. The van der Waals surface area contributed by atoms with Crippen LogP contribution in [-0.2, 0) is 12.8 Å². The average Bonchev–Trinajstić information content (AvgIpc) is 3.01. The van der Waals surface area contributed by atoms with Gasteiger partial charge in [0.05, 0.1) is 29.2 Å². The number of alkyl halides is 3. The van der Waals surface area contributed by atoms with Crippen LogP contribution < -0.4 is 25.8 Å². The molecule has 10 nitrogen and oxygen atoms in total. The van der Waals surface area contributed by atoms with Gasteiger partial charge in [-0.2, -0.15) is 23.1 Å². The standard InChI is InChI=1S/C26H25F5N8O2.C2H6/c1-12-3-4-33-5-8-36-23-17-22(38-25(39-23)40-11-14-10-34-6-7-35-14)20(28)21(37-24(17)41-12)15-9-16(32)19(27)13(2)18(15)26(29,30)31;1-2/h6-7,9-10,12,33H,3-5,8,11,32H2,1-2H3,(H,36,38,39);1-2H3. The topological polar surface area (TPSA) is 133 Å². The van der Waals surface area contributed by atoms with Crippen molar-refractivity contribution in [1.82, 2.24) is 30.2 Å². The number of nitrogens with one attached hydrogen (secondary N) is 2. The molecular formula is C28H31F5N8O2. The predicted molar refractivity (Wildman–Crippen MR) is 151 cm³/mol. The first-order chi connectivity index (χ1) is 20.5. The lowest BCUT2D eigenvalue weighted by Crippen LogP contribution is -2.26. The molecule has 1 unspecified atom stereocenters. The third kappa shape index (κ3) is 6.82. The van der Waals surface area contributed by atoms with Crippen molar-refractivity contribution in [3.63, 3.8) is 0 Å². The molecule has 5 rings (SSSR count). The lowest BCUT2D eigenvalue weighted by atomic mass is 9.96. The fourth-order valence-electron chi connectivity index (χ4n) is 4.44. The Hall–Kier alpha value is -4.40. The van der Waals surface area contributed by atoms with Crippen LogP contribution in [0.15, 0.2) is 24.7 Å². The average molecular weight is 607 g/mol. The van der Waals surface area contributed by atoms with Gasteiger partial charge in [-0.15, -0.1) is 0 Å². The van der Waals surface area contributed by atoms with E-state index in [1.807, 2.05) is 13.8 Å². The lowest BCUT2D eigenvalue weighted by molar-refractivity contribution is -0.137. The summed E-state index contributed by atoms with van der Waals surface area (Å²) < 4.78 is 85.1. The van der Waals surface area contributed by atoms with Crippen molar-refractivity contribution in [2.24, 2.45) is 0 Å². The number of benzene rings is 1. The van der Waals surface area contributed by atoms with Crippen LogP contribution in [0.2, 0.25) is 0 Å². The quantitative estimate of drug-likeness (QED) is 0.204. The summed E-state index contributed by atoms with van der Waals surface area (Å²) in [5, 5.41) is 6.30. The molecule has 0 spiro atoms. The van der Waals surface area contributed by atoms with Gasteiger partial charge >= 0.3 is 12.2 Å². The molecule has 1 aliphatic heterocycles. The summed E-state index contributed by atoms with van der Waals surface area (Å²) in [6.07, 6.45) is -0.627. The molecule has 230 valence electrons. The fraction of sp³-hybridized carbons (Fsp3) is 0.393. The molecule has 4 heterocycles. The van der Waals surface area contributed by atoms with Crippen molar-refractivity contribution < 1.29 is 31.4 Å². The van der Waals surface area contributed by atoms with E-state index < -0.39 is 57.5 Å². The highest BCUT2D eigenvalue weighted by Gasteiger charge is 2.39. The van der Waals surface area contributed by atoms with Crippen molar-refractivity contribution in [3.05, 3.63) is 53.1 Å². The van der Waals surface area contributed by atoms with Gasteiger partial charge in [0, 0.05) is 31.0 Å². The van der Waals surface area contributed by atoms with E-state index in [1.54, 1.807) is 6.92 Å². The van der Waals surface area contributed by atoms with Gasteiger partial charge < -0.3 is 25.8 Å². The normalized spacial score (nSPS) is 15.4. The van der Waals surface area contributed by atoms with Crippen LogP contribution in [0.25, 0.3) is 22.2 Å². The molecule has 15 heteroatoms. The highest BCUT2D eigenvalue weighted by atomic mass is 19.4. The lowest BCUT2D eigenvalue weighted by Gasteiger charge is -2.21. The van der Waals surface area contributed by atoms with Crippen LogP contribution in [0.5, 0.6) is 11.9 Å². The number of aromatic nitrogens is 5. The molecule has 43 heavy (non-hydrogen) atoms. The van der Waals surface area contributed by atoms with E-state index in [0.29, 0.717) is 37.8 Å². The van der Waals surface area contributed by atoms with E-state index >= 15 is 4.39 Å². The van der Waals surface area contributed by atoms with Crippen molar-refractivity contribution in [3.8, 4) is 23.1 Å². The highest BCUT2D eigenvalue weighted by molar-refractivity contribution is 5.96. The summed E-state index contributed by atoms with van der Waals surface area (Å²) >= 11 is 0. The molecule has 4 N–H and O–H groups in total. The molecule has 0 bridgehead atoms. The Kier molecular flexibility index (Phi) is 9.73. The maximum absolute atomic E-state index is 16.3. The molecule has 4 aromatic rings. The van der Waals surface area contributed by atoms with Gasteiger partial charge in [0.2, 0.25) is 5.88 Å². The second kappa shape index (κ2) is 13.3. The Morgan fingerprint density at radius 3 is 2.53 bits per heavy atom. The van der Waals surface area contributed by atoms with E-state index in [9.17, 15) is 17.6 Å². The predicted octanol–water partition coefficient (Wildman–Crippen LogP) is 5.45. The van der Waals surface area contributed by atoms with Gasteiger partial charge in [-0.3, -0.25) is 9.97 Å². The van der Waals surface area contributed by atoms with Crippen molar-refractivity contribution in [2.45, 2.75) is 53.0 Å². The molecule has 0 saturated carbocycles. The number of anilines is 2. The molecule has 0 saturated heterocycles. The molecular weight excluding hydrogens is 575 g/mol. The monoisotopic (exact) mass is 606 g/mol. The van der Waals surface area contributed by atoms with Crippen molar-refractivity contribution in [2.75, 3.05) is 30.7 Å². The van der Waals surface area contributed by atoms with E-state index in [0.717, 1.165) is 6.92 Å². The largest absolute Gasteiger partial charge is 0.474 e. The fourth-order valence-corrected chi connectivity index (χ4v) is 4.44. The number of nitrogens with zero attached hydrogens (tertiary/aromatic N) is 5. The number of rotatable bonds is 4. The molecule has 3 aromatic heterocycles. The first kappa shape index (κ1) is 31.5. The van der Waals surface area contributed by atoms with Crippen LogP contribution in [0, 0.1) is 18.6 Å². The zero-order chi connectivity index (χ0) is 31.3. The number of nitrogen functional groups attached to an aromatic ring is 1. The number of ether oxygens (including phenoxy) is 2. The summed E-state index contributed by atoms with van der Waals surface area (Å²) in [6.45, 7) is 8.00. The minimum Gasteiger partial charge on any atom is -0.474 e. The van der Waals surface area contributed by atoms with Gasteiger partial charge in [-0.1, -0.05) is 13.8 Å². The Morgan fingerprint density at radius 1 is 1.07 bits per heavy atom. The van der Waals surface area contributed by atoms with Gasteiger partial charge in [-0.05, 0) is 38.4 Å². The zero-order valence-electron chi connectivity index (χ0n) is 23.9. The number of hydrogen-bond donors (Lipinski definition) is 3. The first-order valence-electron chi connectivity index (χ1n) is 13.6. The number of halogens is 5. The maximum Gasteiger partial charge on any atom is 0.417 e. The van der Waals surface area contributed by atoms with E-state index in [4.69, 9.17) is 15.2 Å². The molecule has 1 aliphatic rings. The number of nitrogens with two attached hydrogens (primary N) is 1. The maximum atomic E-state index is 16.3. The van der Waals surface area contributed by atoms with E-state index in [-0.39, 0.29) is 29.7 Å². The molecule has 0 amide bonds.